The molecule has 9 heteroatoms. The maximum atomic E-state index is 13.0. The third-order valence-electron chi connectivity index (χ3n) is 6.25. The number of aryl methyl sites for hydroxylation is 1. The van der Waals surface area contributed by atoms with E-state index < -0.39 is 17.6 Å². The van der Waals surface area contributed by atoms with Crippen molar-refractivity contribution in [3.8, 4) is 0 Å². The van der Waals surface area contributed by atoms with Crippen molar-refractivity contribution in [3.05, 3.63) is 51.3 Å². The number of ether oxygens (including phenoxy) is 1. The number of halogens is 4. The minimum absolute atomic E-state index is 0.0157. The third kappa shape index (κ3) is 4.90. The molecule has 1 aliphatic carbocycles. The number of aromatic nitrogens is 2. The molecule has 2 aromatic rings. The van der Waals surface area contributed by atoms with Crippen molar-refractivity contribution in [1.29, 1.82) is 0 Å². The molecule has 0 atom stereocenters. The summed E-state index contributed by atoms with van der Waals surface area (Å²) in [5, 5.41) is 7.57. The Morgan fingerprint density at radius 2 is 2.03 bits per heavy atom. The number of alkyl halides is 3. The topological polar surface area (TPSA) is 56.2 Å². The first-order valence-electron chi connectivity index (χ1n) is 10.5. The van der Waals surface area contributed by atoms with Crippen LogP contribution in [0.15, 0.2) is 18.2 Å². The van der Waals surface area contributed by atoms with E-state index in [4.69, 9.17) is 21.4 Å². The predicted molar refractivity (Wildman–Crippen MR) is 110 cm³/mol. The highest BCUT2D eigenvalue weighted by atomic mass is 35.5. The molecule has 0 saturated heterocycles. The first-order chi connectivity index (χ1) is 14.7. The van der Waals surface area contributed by atoms with Crippen molar-refractivity contribution in [1.82, 2.24) is 15.1 Å². The van der Waals surface area contributed by atoms with E-state index in [1.165, 1.54) is 11.3 Å². The third-order valence-corrected chi connectivity index (χ3v) is 6.58. The van der Waals surface area contributed by atoms with Crippen LogP contribution in [0.5, 0.6) is 0 Å². The van der Waals surface area contributed by atoms with Crippen molar-refractivity contribution in [3.63, 3.8) is 0 Å². The van der Waals surface area contributed by atoms with Crippen LogP contribution < -0.4 is 5.32 Å². The molecule has 168 valence electrons. The lowest BCUT2D eigenvalue weighted by molar-refractivity contribution is -0.137. The average Bonchev–Trinajstić information content (AvgIpc) is 3.04. The average molecular weight is 456 g/mol. The number of amides is 1. The van der Waals surface area contributed by atoms with E-state index in [1.807, 2.05) is 6.92 Å². The summed E-state index contributed by atoms with van der Waals surface area (Å²) in [6.45, 7) is 4.19. The number of hydrogen-bond donors (Lipinski definition) is 1. The highest BCUT2D eigenvalue weighted by Crippen LogP contribution is 2.32. The van der Waals surface area contributed by atoms with Crippen molar-refractivity contribution < 1.29 is 22.7 Å². The van der Waals surface area contributed by atoms with Crippen molar-refractivity contribution in [2.45, 2.75) is 64.4 Å². The number of rotatable bonds is 4. The lowest BCUT2D eigenvalue weighted by Crippen LogP contribution is -2.38. The summed E-state index contributed by atoms with van der Waals surface area (Å²) in [6, 6.07) is 2.74. The maximum absolute atomic E-state index is 13.0. The molecule has 0 spiro atoms. The van der Waals surface area contributed by atoms with Gasteiger partial charge in [-0.3, -0.25) is 9.48 Å². The summed E-state index contributed by atoms with van der Waals surface area (Å²) in [4.78, 5) is 12.6. The van der Waals surface area contributed by atoms with Gasteiger partial charge in [0.15, 0.2) is 0 Å². The van der Waals surface area contributed by atoms with Gasteiger partial charge in [0.2, 0.25) is 0 Å². The van der Waals surface area contributed by atoms with Gasteiger partial charge in [-0.2, -0.15) is 18.3 Å². The van der Waals surface area contributed by atoms with Gasteiger partial charge in [-0.15, -0.1) is 0 Å². The number of carbonyl (C=O) groups is 1. The van der Waals surface area contributed by atoms with E-state index in [9.17, 15) is 18.0 Å². The largest absolute Gasteiger partial charge is 0.416 e. The van der Waals surface area contributed by atoms with Crippen molar-refractivity contribution in [2.75, 3.05) is 6.61 Å². The van der Waals surface area contributed by atoms with Crippen LogP contribution in [0.25, 0.3) is 0 Å². The van der Waals surface area contributed by atoms with E-state index in [0.29, 0.717) is 12.5 Å². The predicted octanol–water partition coefficient (Wildman–Crippen LogP) is 4.93. The zero-order chi connectivity index (χ0) is 22.2. The molecule has 1 aromatic heterocycles. The highest BCUT2D eigenvalue weighted by molar-refractivity contribution is 6.33. The van der Waals surface area contributed by atoms with Gasteiger partial charge in [0.25, 0.3) is 5.91 Å². The van der Waals surface area contributed by atoms with E-state index in [2.05, 4.69) is 10.00 Å². The van der Waals surface area contributed by atoms with Gasteiger partial charge in [0.05, 0.1) is 35.1 Å². The number of hydrogen-bond acceptors (Lipinski definition) is 3. The van der Waals surface area contributed by atoms with Crippen molar-refractivity contribution in [2.24, 2.45) is 5.92 Å². The first kappa shape index (κ1) is 22.1. The molecule has 2 aliphatic rings. The van der Waals surface area contributed by atoms with Crippen LogP contribution in [-0.4, -0.2) is 28.3 Å². The van der Waals surface area contributed by atoms with E-state index in [-0.39, 0.29) is 16.6 Å². The molecule has 2 heterocycles. The van der Waals surface area contributed by atoms with E-state index in [0.717, 1.165) is 69.1 Å². The van der Waals surface area contributed by atoms with Gasteiger partial charge in [0, 0.05) is 30.3 Å². The number of benzene rings is 1. The molecule has 0 radical (unpaired) electrons. The van der Waals surface area contributed by atoms with Crippen LogP contribution in [0.2, 0.25) is 5.02 Å². The van der Waals surface area contributed by atoms with Gasteiger partial charge in [0.1, 0.15) is 0 Å². The SMILES string of the molecule is Cc1nn(C[C@H]2CC[C@H](NC(=O)c3cc(C(F)(F)F)ccc3Cl)CC2)c2c1COCC2. The molecule has 1 aliphatic heterocycles. The molecule has 0 bridgehead atoms. The molecule has 5 nitrogen and oxygen atoms in total. The van der Waals surface area contributed by atoms with Gasteiger partial charge in [-0.1, -0.05) is 11.6 Å². The fraction of sp³-hybridized carbons (Fsp3) is 0.545. The van der Waals surface area contributed by atoms with Crippen LogP contribution in [0.3, 0.4) is 0 Å². The van der Waals surface area contributed by atoms with Gasteiger partial charge >= 0.3 is 6.18 Å². The molecular weight excluding hydrogens is 431 g/mol. The Morgan fingerprint density at radius 1 is 1.29 bits per heavy atom. The molecule has 1 aromatic carbocycles. The van der Waals surface area contributed by atoms with Gasteiger partial charge < -0.3 is 10.1 Å². The number of nitrogens with one attached hydrogen (secondary N) is 1. The monoisotopic (exact) mass is 455 g/mol. The molecule has 1 amide bonds. The summed E-state index contributed by atoms with van der Waals surface area (Å²) in [6.07, 6.45) is -0.249. The highest BCUT2D eigenvalue weighted by Gasteiger charge is 2.32. The van der Waals surface area contributed by atoms with E-state index >= 15 is 0 Å². The molecule has 4 rings (SSSR count). The fourth-order valence-electron chi connectivity index (χ4n) is 4.50. The van der Waals surface area contributed by atoms with Crippen LogP contribution in [0, 0.1) is 12.8 Å². The van der Waals surface area contributed by atoms with Crippen LogP contribution >= 0.6 is 11.6 Å². The second-order valence-corrected chi connectivity index (χ2v) is 8.79. The second kappa shape index (κ2) is 8.82. The van der Waals surface area contributed by atoms with Crippen LogP contribution in [0.4, 0.5) is 13.2 Å². The maximum Gasteiger partial charge on any atom is 0.416 e. The normalized spacial score (nSPS) is 21.6. The molecule has 1 fully saturated rings. The van der Waals surface area contributed by atoms with Gasteiger partial charge in [-0.05, 0) is 56.7 Å². The Bertz CT molecular complexity index is 966. The van der Waals surface area contributed by atoms with Crippen LogP contribution in [0.1, 0.15) is 58.6 Å². The molecular formula is C22H25ClF3N3O2. The summed E-state index contributed by atoms with van der Waals surface area (Å²) in [7, 11) is 0. The number of nitrogens with zero attached hydrogens (tertiary/aromatic N) is 2. The Balaban J connectivity index is 1.34. The van der Waals surface area contributed by atoms with E-state index in [1.54, 1.807) is 0 Å². The lowest BCUT2D eigenvalue weighted by atomic mass is 9.85. The Labute approximate surface area is 183 Å². The quantitative estimate of drug-likeness (QED) is 0.711. The minimum Gasteiger partial charge on any atom is -0.376 e. The summed E-state index contributed by atoms with van der Waals surface area (Å²) in [5.74, 6) is -0.104. The fourth-order valence-corrected chi connectivity index (χ4v) is 4.70. The van der Waals surface area contributed by atoms with Crippen molar-refractivity contribution >= 4 is 17.5 Å². The molecule has 31 heavy (non-hydrogen) atoms. The van der Waals surface area contributed by atoms with Gasteiger partial charge in [-0.25, -0.2) is 0 Å². The zero-order valence-electron chi connectivity index (χ0n) is 17.3. The molecule has 1 N–H and O–H groups in total. The smallest absolute Gasteiger partial charge is 0.376 e. The Hall–Kier alpha value is -2.06. The zero-order valence-corrected chi connectivity index (χ0v) is 18.0. The second-order valence-electron chi connectivity index (χ2n) is 8.38. The summed E-state index contributed by atoms with van der Waals surface area (Å²) < 4.78 is 46.5. The Morgan fingerprint density at radius 3 is 2.74 bits per heavy atom. The number of fused-ring (bicyclic) bond motifs is 1. The summed E-state index contributed by atoms with van der Waals surface area (Å²) >= 11 is 5.99. The molecule has 1 saturated carbocycles. The molecule has 0 unspecified atom stereocenters. The van der Waals surface area contributed by atoms with Crippen LogP contribution in [-0.2, 0) is 30.5 Å². The standard InChI is InChI=1S/C22H25ClF3N3O2/c1-13-18-12-31-9-8-20(18)29(28-13)11-14-2-5-16(6-3-14)27-21(30)17-10-15(22(24,25)26)4-7-19(17)23/h4,7,10,14,16H,2-3,5-6,8-9,11-12H2,1H3,(H,27,30)/t14-,16-. The Kier molecular flexibility index (Phi) is 6.30. The first-order valence-corrected chi connectivity index (χ1v) is 10.9. The number of carbonyl (C=O) groups excluding carboxylic acids is 1. The lowest BCUT2D eigenvalue weighted by Gasteiger charge is -2.29. The minimum atomic E-state index is -4.52. The summed E-state index contributed by atoms with van der Waals surface area (Å²) in [5.41, 5.74) is 2.46.